The molecule has 3 atom stereocenters. The van der Waals surface area contributed by atoms with Crippen molar-refractivity contribution in [3.8, 4) is 0 Å². The summed E-state index contributed by atoms with van der Waals surface area (Å²) in [7, 11) is -4.04. The Balaban J connectivity index is 1.80. The Kier molecular flexibility index (Phi) is 6.01. The molecule has 2 heterocycles. The Morgan fingerprint density at radius 3 is 2.62 bits per heavy atom. The normalized spacial score (nSPS) is 21.8. The summed E-state index contributed by atoms with van der Waals surface area (Å²) in [6.45, 7) is 2.32. The van der Waals surface area contributed by atoms with Crippen LogP contribution in [0, 0.1) is 6.92 Å². The van der Waals surface area contributed by atoms with Gasteiger partial charge in [-0.1, -0.05) is 18.2 Å². The average molecular weight is 424 g/mol. The van der Waals surface area contributed by atoms with Crippen LogP contribution in [0.4, 0.5) is 0 Å². The molecule has 11 heteroatoms. The van der Waals surface area contributed by atoms with E-state index < -0.39 is 52.4 Å². The van der Waals surface area contributed by atoms with E-state index in [1.807, 2.05) is 0 Å². The van der Waals surface area contributed by atoms with Crippen molar-refractivity contribution in [3.63, 3.8) is 0 Å². The van der Waals surface area contributed by atoms with E-state index in [9.17, 15) is 22.8 Å². The lowest BCUT2D eigenvalue weighted by molar-refractivity contribution is -0.150. The quantitative estimate of drug-likeness (QED) is 0.522. The Morgan fingerprint density at radius 1 is 1.28 bits per heavy atom. The number of benzene rings is 1. The summed E-state index contributed by atoms with van der Waals surface area (Å²) in [5.41, 5.74) is -0.913. The van der Waals surface area contributed by atoms with E-state index in [-0.39, 0.29) is 11.3 Å². The zero-order chi connectivity index (χ0) is 21.2. The van der Waals surface area contributed by atoms with Crippen molar-refractivity contribution >= 4 is 16.1 Å². The van der Waals surface area contributed by atoms with E-state index in [0.29, 0.717) is 5.56 Å². The molecule has 10 nitrogen and oxygen atoms in total. The first-order valence-electron chi connectivity index (χ1n) is 8.76. The number of rotatable bonds is 6. The monoisotopic (exact) mass is 424 g/mol. The van der Waals surface area contributed by atoms with Crippen molar-refractivity contribution in [2.24, 2.45) is 0 Å². The van der Waals surface area contributed by atoms with Crippen LogP contribution in [0.2, 0.25) is 0 Å². The maximum atomic E-state index is 12.3. The number of aryl methyl sites for hydroxylation is 1. The molecular formula is C18H20N2O8S. The van der Waals surface area contributed by atoms with E-state index in [4.69, 9.17) is 13.7 Å². The van der Waals surface area contributed by atoms with Crippen LogP contribution >= 0.6 is 0 Å². The highest BCUT2D eigenvalue weighted by Gasteiger charge is 2.40. The summed E-state index contributed by atoms with van der Waals surface area (Å²) in [6, 6.07) is 7.57. The van der Waals surface area contributed by atoms with Crippen LogP contribution in [-0.4, -0.2) is 42.8 Å². The summed E-state index contributed by atoms with van der Waals surface area (Å²) in [4.78, 5) is 37.2. The lowest BCUT2D eigenvalue weighted by Gasteiger charge is -2.18. The van der Waals surface area contributed by atoms with E-state index in [0.717, 1.165) is 0 Å². The zero-order valence-corrected chi connectivity index (χ0v) is 16.5. The predicted molar refractivity (Wildman–Crippen MR) is 99.7 cm³/mol. The average Bonchev–Trinajstić information content (AvgIpc) is 3.05. The highest BCUT2D eigenvalue weighted by Crippen LogP contribution is 2.31. The molecular weight excluding hydrogens is 404 g/mol. The fraction of sp³-hybridized carbons (Fsp3) is 0.389. The summed E-state index contributed by atoms with van der Waals surface area (Å²) >= 11 is 0. The predicted octanol–water partition coefficient (Wildman–Crippen LogP) is 0.470. The molecule has 0 unspecified atom stereocenters. The maximum absolute atomic E-state index is 12.3. The first-order valence-corrected chi connectivity index (χ1v) is 10.2. The number of aromatic amines is 1. The number of carbonyl (C=O) groups is 1. The third-order valence-electron chi connectivity index (χ3n) is 4.37. The third kappa shape index (κ3) is 4.81. The molecule has 1 aliphatic heterocycles. The third-order valence-corrected chi connectivity index (χ3v) is 5.67. The molecule has 1 aliphatic rings. The van der Waals surface area contributed by atoms with Crippen LogP contribution in [-0.2, 0) is 28.6 Å². The lowest BCUT2D eigenvalue weighted by atomic mass is 10.2. The van der Waals surface area contributed by atoms with Gasteiger partial charge in [0.2, 0.25) is 0 Å². The number of nitrogens with zero attached hydrogens (tertiary/aromatic N) is 1. The standard InChI is InChI=1S/C18H20N2O8S/c1-11-9-20(18(23)19-17(11)22)16-8-14(27-12(2)21)15(28-16)10-26-29(24,25)13-6-4-3-5-7-13/h3-7,9,14-16H,8,10H2,1-2H3,(H,19,22,23)/t14-,15+,16+/m0/s1. The molecule has 1 N–H and O–H groups in total. The molecule has 0 spiro atoms. The molecule has 3 rings (SSSR count). The molecule has 29 heavy (non-hydrogen) atoms. The van der Waals surface area contributed by atoms with Crippen molar-refractivity contribution in [1.29, 1.82) is 0 Å². The second-order valence-corrected chi connectivity index (χ2v) is 8.16. The molecule has 1 saturated heterocycles. The first kappa shape index (κ1) is 21.0. The fourth-order valence-electron chi connectivity index (χ4n) is 2.97. The smallest absolute Gasteiger partial charge is 0.330 e. The molecule has 2 aromatic rings. The van der Waals surface area contributed by atoms with E-state index >= 15 is 0 Å². The first-order chi connectivity index (χ1) is 13.7. The SMILES string of the molecule is CC(=O)O[C@H]1C[C@H](n2cc(C)c(=O)[nH]c2=O)O[C@@H]1COS(=O)(=O)c1ccccc1. The lowest BCUT2D eigenvalue weighted by Crippen LogP contribution is -2.33. The van der Waals surface area contributed by atoms with Gasteiger partial charge in [0.25, 0.3) is 15.7 Å². The Labute approximate surface area is 166 Å². The fourth-order valence-corrected chi connectivity index (χ4v) is 3.91. The van der Waals surface area contributed by atoms with Gasteiger partial charge in [-0.2, -0.15) is 8.42 Å². The van der Waals surface area contributed by atoms with Crippen molar-refractivity contribution in [3.05, 3.63) is 62.9 Å². The van der Waals surface area contributed by atoms with Gasteiger partial charge < -0.3 is 9.47 Å². The van der Waals surface area contributed by atoms with E-state index in [1.54, 1.807) is 18.2 Å². The van der Waals surface area contributed by atoms with Crippen molar-refractivity contribution < 1.29 is 26.9 Å². The number of esters is 1. The second kappa shape index (κ2) is 8.31. The minimum atomic E-state index is -4.04. The van der Waals surface area contributed by atoms with Crippen molar-refractivity contribution in [2.45, 2.75) is 43.6 Å². The Bertz CT molecular complexity index is 1110. The second-order valence-electron chi connectivity index (χ2n) is 6.54. The number of ether oxygens (including phenoxy) is 2. The van der Waals surface area contributed by atoms with Crippen LogP contribution in [0.25, 0.3) is 0 Å². The van der Waals surface area contributed by atoms with Gasteiger partial charge in [0, 0.05) is 25.1 Å². The molecule has 0 aliphatic carbocycles. The summed E-state index contributed by atoms with van der Waals surface area (Å²) < 4.78 is 41.9. The molecule has 0 bridgehead atoms. The maximum Gasteiger partial charge on any atom is 0.330 e. The molecule has 0 saturated carbocycles. The van der Waals surface area contributed by atoms with Gasteiger partial charge in [-0.3, -0.25) is 23.3 Å². The van der Waals surface area contributed by atoms with Gasteiger partial charge in [-0.05, 0) is 19.1 Å². The zero-order valence-electron chi connectivity index (χ0n) is 15.7. The van der Waals surface area contributed by atoms with Crippen LogP contribution < -0.4 is 11.2 Å². The van der Waals surface area contributed by atoms with Gasteiger partial charge in [0.05, 0.1) is 11.5 Å². The van der Waals surface area contributed by atoms with E-state index in [1.165, 1.54) is 36.7 Å². The van der Waals surface area contributed by atoms with Gasteiger partial charge in [0.15, 0.2) is 0 Å². The Morgan fingerprint density at radius 2 is 1.97 bits per heavy atom. The number of nitrogens with one attached hydrogen (secondary N) is 1. The minimum absolute atomic E-state index is 0.0222. The highest BCUT2D eigenvalue weighted by molar-refractivity contribution is 7.86. The van der Waals surface area contributed by atoms with Crippen LogP contribution in [0.1, 0.15) is 25.1 Å². The van der Waals surface area contributed by atoms with Crippen LogP contribution in [0.15, 0.2) is 51.0 Å². The van der Waals surface area contributed by atoms with Crippen molar-refractivity contribution in [1.82, 2.24) is 9.55 Å². The number of aromatic nitrogens is 2. The van der Waals surface area contributed by atoms with Crippen LogP contribution in [0.5, 0.6) is 0 Å². The van der Waals surface area contributed by atoms with Gasteiger partial charge in [0.1, 0.15) is 18.4 Å². The number of H-pyrrole nitrogens is 1. The van der Waals surface area contributed by atoms with Crippen LogP contribution in [0.3, 0.4) is 0 Å². The largest absolute Gasteiger partial charge is 0.460 e. The number of hydrogen-bond donors (Lipinski definition) is 1. The molecule has 1 fully saturated rings. The molecule has 1 aromatic heterocycles. The molecule has 0 amide bonds. The highest BCUT2D eigenvalue weighted by atomic mass is 32.2. The minimum Gasteiger partial charge on any atom is -0.460 e. The van der Waals surface area contributed by atoms with Gasteiger partial charge >= 0.3 is 11.7 Å². The molecule has 156 valence electrons. The number of hydrogen-bond acceptors (Lipinski definition) is 8. The topological polar surface area (TPSA) is 134 Å². The summed E-state index contributed by atoms with van der Waals surface area (Å²) in [5, 5.41) is 0. The number of carbonyl (C=O) groups excluding carboxylic acids is 1. The van der Waals surface area contributed by atoms with E-state index in [2.05, 4.69) is 4.98 Å². The Hall–Kier alpha value is -2.76. The molecule has 1 aromatic carbocycles. The van der Waals surface area contributed by atoms with Gasteiger partial charge in [-0.25, -0.2) is 4.79 Å². The van der Waals surface area contributed by atoms with Gasteiger partial charge in [-0.15, -0.1) is 0 Å². The summed E-state index contributed by atoms with van der Waals surface area (Å²) in [5.74, 6) is -0.583. The summed E-state index contributed by atoms with van der Waals surface area (Å²) in [6.07, 6.45) is -1.20. The molecule has 0 radical (unpaired) electrons. The van der Waals surface area contributed by atoms with Crippen molar-refractivity contribution in [2.75, 3.05) is 6.61 Å².